The van der Waals surface area contributed by atoms with Crippen LogP contribution in [0.3, 0.4) is 0 Å². The van der Waals surface area contributed by atoms with Gasteiger partial charge >= 0.3 is 0 Å². The van der Waals surface area contributed by atoms with Gasteiger partial charge in [-0.2, -0.15) is 0 Å². The molecule has 0 nitrogen and oxygen atoms in total. The molecule has 0 aromatic heterocycles. The van der Waals surface area contributed by atoms with Crippen molar-refractivity contribution >= 4 is 11.8 Å². The number of rotatable bonds is 2. The average Bonchev–Trinajstić information content (AvgIpc) is 2.62. The van der Waals surface area contributed by atoms with Crippen molar-refractivity contribution in [2.24, 2.45) is 0 Å². The predicted octanol–water partition coefficient (Wildman–Crippen LogP) is 6.13. The summed E-state index contributed by atoms with van der Waals surface area (Å²) in [6.07, 6.45) is 2.42. The molecule has 0 aliphatic carbocycles. The highest BCUT2D eigenvalue weighted by Gasteiger charge is 2.20. The van der Waals surface area contributed by atoms with Gasteiger partial charge in [0.05, 0.1) is 0 Å². The molecule has 22 heavy (non-hydrogen) atoms. The van der Waals surface area contributed by atoms with E-state index in [-0.39, 0.29) is 0 Å². The number of aryl methyl sites for hydroxylation is 1. The van der Waals surface area contributed by atoms with E-state index in [4.69, 9.17) is 0 Å². The molecule has 0 saturated carbocycles. The third-order valence-corrected chi connectivity index (χ3v) is 5.75. The molecule has 0 radical (unpaired) electrons. The number of benzene rings is 3. The molecular weight excluding hydrogens is 284 g/mol. The molecule has 3 aromatic carbocycles. The second kappa shape index (κ2) is 6.02. The van der Waals surface area contributed by atoms with Crippen LogP contribution in [0.2, 0.25) is 0 Å². The molecular formula is C21H18S. The van der Waals surface area contributed by atoms with E-state index in [1.54, 1.807) is 0 Å². The SMILES string of the molecule is c1ccc(-c2ccc([C@H]3CCc4ccccc4S3)cc2)cc1. The van der Waals surface area contributed by atoms with Gasteiger partial charge in [-0.3, -0.25) is 0 Å². The predicted molar refractivity (Wildman–Crippen MR) is 95.2 cm³/mol. The Morgan fingerprint density at radius 1 is 0.682 bits per heavy atom. The van der Waals surface area contributed by atoms with Gasteiger partial charge in [0.15, 0.2) is 0 Å². The smallest absolute Gasteiger partial charge is 0.0347 e. The lowest BCUT2D eigenvalue weighted by Gasteiger charge is -2.24. The van der Waals surface area contributed by atoms with Crippen LogP contribution >= 0.6 is 11.8 Å². The van der Waals surface area contributed by atoms with Crippen LogP contribution in [0.4, 0.5) is 0 Å². The minimum atomic E-state index is 0.583. The standard InChI is InChI=1S/C21H18S/c1-2-6-16(7-3-1)17-10-12-19(13-11-17)21-15-14-18-8-4-5-9-20(18)22-21/h1-13,21H,14-15H2/t21-/m1/s1. The fourth-order valence-corrected chi connectivity index (χ4v) is 4.39. The van der Waals surface area contributed by atoms with Gasteiger partial charge in [0, 0.05) is 10.1 Å². The zero-order chi connectivity index (χ0) is 14.8. The van der Waals surface area contributed by atoms with Crippen molar-refractivity contribution in [1.29, 1.82) is 0 Å². The Morgan fingerprint density at radius 3 is 2.18 bits per heavy atom. The summed E-state index contributed by atoms with van der Waals surface area (Å²) in [7, 11) is 0. The van der Waals surface area contributed by atoms with Crippen LogP contribution in [-0.2, 0) is 6.42 Å². The van der Waals surface area contributed by atoms with Crippen molar-refractivity contribution in [3.63, 3.8) is 0 Å². The molecule has 0 unspecified atom stereocenters. The Bertz CT molecular complexity index is 759. The van der Waals surface area contributed by atoms with Gasteiger partial charge in [-0.25, -0.2) is 0 Å². The van der Waals surface area contributed by atoms with Crippen LogP contribution in [0, 0.1) is 0 Å². The number of thioether (sulfide) groups is 1. The molecule has 0 fully saturated rings. The highest BCUT2D eigenvalue weighted by Crippen LogP contribution is 2.44. The summed E-state index contributed by atoms with van der Waals surface area (Å²) < 4.78 is 0. The lowest BCUT2D eigenvalue weighted by atomic mass is 9.99. The van der Waals surface area contributed by atoms with Crippen LogP contribution in [0.1, 0.15) is 22.8 Å². The molecule has 108 valence electrons. The largest absolute Gasteiger partial charge is 0.118 e. The summed E-state index contributed by atoms with van der Waals surface area (Å²) in [5, 5.41) is 0.583. The summed E-state index contributed by atoms with van der Waals surface area (Å²) in [5.41, 5.74) is 5.53. The molecule has 4 rings (SSSR count). The van der Waals surface area contributed by atoms with Crippen molar-refractivity contribution in [2.45, 2.75) is 23.0 Å². The molecule has 1 aliphatic rings. The van der Waals surface area contributed by atoms with Gasteiger partial charge in [0.1, 0.15) is 0 Å². The van der Waals surface area contributed by atoms with E-state index in [0.717, 1.165) is 0 Å². The molecule has 1 heterocycles. The highest BCUT2D eigenvalue weighted by atomic mass is 32.2. The zero-order valence-corrected chi connectivity index (χ0v) is 13.2. The summed E-state index contributed by atoms with van der Waals surface area (Å²) in [6.45, 7) is 0. The normalized spacial score (nSPS) is 17.0. The van der Waals surface area contributed by atoms with E-state index in [2.05, 4.69) is 78.9 Å². The summed E-state index contributed by atoms with van der Waals surface area (Å²) in [4.78, 5) is 1.45. The maximum absolute atomic E-state index is 2.30. The molecule has 1 atom stereocenters. The molecule has 0 bridgehead atoms. The average molecular weight is 302 g/mol. The maximum atomic E-state index is 2.30. The monoisotopic (exact) mass is 302 g/mol. The van der Waals surface area contributed by atoms with E-state index in [1.165, 1.54) is 40.0 Å². The number of fused-ring (bicyclic) bond motifs is 1. The molecule has 0 N–H and O–H groups in total. The van der Waals surface area contributed by atoms with Gasteiger partial charge < -0.3 is 0 Å². The zero-order valence-electron chi connectivity index (χ0n) is 12.4. The van der Waals surface area contributed by atoms with Gasteiger partial charge in [-0.15, -0.1) is 11.8 Å². The van der Waals surface area contributed by atoms with Crippen molar-refractivity contribution < 1.29 is 0 Å². The van der Waals surface area contributed by atoms with Gasteiger partial charge in [-0.1, -0.05) is 72.8 Å². The quantitative estimate of drug-likeness (QED) is 0.548. The lowest BCUT2D eigenvalue weighted by molar-refractivity contribution is 0.772. The van der Waals surface area contributed by atoms with Crippen molar-refractivity contribution in [1.82, 2.24) is 0 Å². The van der Waals surface area contributed by atoms with E-state index in [0.29, 0.717) is 5.25 Å². The lowest BCUT2D eigenvalue weighted by Crippen LogP contribution is -2.04. The molecule has 1 heteroatoms. The summed E-state index contributed by atoms with van der Waals surface area (Å²) in [6, 6.07) is 28.5. The Balaban J connectivity index is 1.57. The topological polar surface area (TPSA) is 0 Å². The molecule has 0 amide bonds. The van der Waals surface area contributed by atoms with E-state index in [1.807, 2.05) is 11.8 Å². The third-order valence-electron chi connectivity index (χ3n) is 4.31. The fraction of sp³-hybridized carbons (Fsp3) is 0.143. The van der Waals surface area contributed by atoms with Crippen LogP contribution in [-0.4, -0.2) is 0 Å². The number of hydrogen-bond donors (Lipinski definition) is 0. The minimum absolute atomic E-state index is 0.583. The van der Waals surface area contributed by atoms with Crippen molar-refractivity contribution in [3.8, 4) is 11.1 Å². The Morgan fingerprint density at radius 2 is 1.36 bits per heavy atom. The second-order valence-corrected chi connectivity index (χ2v) is 6.99. The highest BCUT2D eigenvalue weighted by molar-refractivity contribution is 7.99. The Kier molecular flexibility index (Phi) is 3.74. The van der Waals surface area contributed by atoms with E-state index in [9.17, 15) is 0 Å². The number of hydrogen-bond acceptors (Lipinski definition) is 1. The third kappa shape index (κ3) is 2.69. The van der Waals surface area contributed by atoms with Crippen LogP contribution in [0.25, 0.3) is 11.1 Å². The Labute approximate surface area is 136 Å². The van der Waals surface area contributed by atoms with E-state index < -0.39 is 0 Å². The summed E-state index contributed by atoms with van der Waals surface area (Å²) in [5.74, 6) is 0. The van der Waals surface area contributed by atoms with Crippen LogP contribution in [0.15, 0.2) is 83.8 Å². The van der Waals surface area contributed by atoms with Crippen LogP contribution in [0.5, 0.6) is 0 Å². The first-order chi connectivity index (χ1) is 10.9. The fourth-order valence-electron chi connectivity index (χ4n) is 3.08. The molecule has 0 spiro atoms. The Hall–Kier alpha value is -1.99. The molecule has 0 saturated heterocycles. The first kappa shape index (κ1) is 13.7. The minimum Gasteiger partial charge on any atom is -0.118 e. The van der Waals surface area contributed by atoms with Gasteiger partial charge in [0.2, 0.25) is 0 Å². The maximum Gasteiger partial charge on any atom is 0.0347 e. The molecule has 1 aliphatic heterocycles. The van der Waals surface area contributed by atoms with Crippen LogP contribution < -0.4 is 0 Å². The van der Waals surface area contributed by atoms with Gasteiger partial charge in [-0.05, 0) is 41.2 Å². The first-order valence-corrected chi connectivity index (χ1v) is 8.68. The van der Waals surface area contributed by atoms with Crippen molar-refractivity contribution in [2.75, 3.05) is 0 Å². The second-order valence-electron chi connectivity index (χ2n) is 5.74. The first-order valence-electron chi connectivity index (χ1n) is 7.80. The van der Waals surface area contributed by atoms with Crippen molar-refractivity contribution in [3.05, 3.63) is 90.0 Å². The van der Waals surface area contributed by atoms with Gasteiger partial charge in [0.25, 0.3) is 0 Å². The van der Waals surface area contributed by atoms with E-state index >= 15 is 0 Å². The summed E-state index contributed by atoms with van der Waals surface area (Å²) >= 11 is 2.01. The molecule has 3 aromatic rings.